The Balaban J connectivity index is 1.81. The minimum absolute atomic E-state index is 0.255. The summed E-state index contributed by atoms with van der Waals surface area (Å²) >= 11 is 0. The molecule has 0 saturated heterocycles. The molecule has 0 saturated carbocycles. The van der Waals surface area contributed by atoms with Gasteiger partial charge in [0.05, 0.1) is 6.04 Å². The summed E-state index contributed by atoms with van der Waals surface area (Å²) < 4.78 is 13.5. The summed E-state index contributed by atoms with van der Waals surface area (Å²) in [6.07, 6.45) is 0. The fraction of sp³-hybridized carbons (Fsp3) is 0.125. The van der Waals surface area contributed by atoms with Crippen LogP contribution in [0, 0.1) is 12.7 Å². The fourth-order valence-electron chi connectivity index (χ4n) is 3.62. The van der Waals surface area contributed by atoms with Crippen LogP contribution in [0.2, 0.25) is 0 Å². The predicted molar refractivity (Wildman–Crippen MR) is 107 cm³/mol. The third kappa shape index (κ3) is 3.29. The summed E-state index contributed by atoms with van der Waals surface area (Å²) in [4.78, 5) is 14.6. The maximum atomic E-state index is 13.5. The van der Waals surface area contributed by atoms with Gasteiger partial charge < -0.3 is 10.0 Å². The number of nitrogens with zero attached hydrogens (tertiary/aromatic N) is 1. The molecule has 3 aromatic carbocycles. The highest BCUT2D eigenvalue weighted by molar-refractivity contribution is 6.05. The summed E-state index contributed by atoms with van der Waals surface area (Å²) in [6, 6.07) is 22.9. The van der Waals surface area contributed by atoms with Crippen LogP contribution in [-0.4, -0.2) is 15.9 Å². The zero-order valence-corrected chi connectivity index (χ0v) is 15.5. The van der Waals surface area contributed by atoms with E-state index >= 15 is 0 Å². The first kappa shape index (κ1) is 18.0. The van der Waals surface area contributed by atoms with Crippen molar-refractivity contribution in [1.82, 2.24) is 4.90 Å². The molecule has 28 heavy (non-hydrogen) atoms. The van der Waals surface area contributed by atoms with E-state index in [4.69, 9.17) is 0 Å². The molecule has 0 aliphatic carbocycles. The molecular formula is C24H20FNO2. The number of amides is 1. The first-order valence-corrected chi connectivity index (χ1v) is 9.15. The molecule has 1 aliphatic heterocycles. The lowest BCUT2D eigenvalue weighted by Gasteiger charge is -2.27. The van der Waals surface area contributed by atoms with Gasteiger partial charge in [-0.15, -0.1) is 0 Å². The van der Waals surface area contributed by atoms with E-state index in [0.717, 1.165) is 22.3 Å². The van der Waals surface area contributed by atoms with E-state index in [1.807, 2.05) is 61.5 Å². The lowest BCUT2D eigenvalue weighted by atomic mass is 9.93. The molecule has 1 amide bonds. The number of aliphatic hydroxyl groups excluding tert-OH is 1. The second kappa shape index (κ2) is 7.31. The van der Waals surface area contributed by atoms with Gasteiger partial charge >= 0.3 is 0 Å². The number of aliphatic hydroxyl groups is 1. The van der Waals surface area contributed by atoms with Crippen LogP contribution < -0.4 is 0 Å². The van der Waals surface area contributed by atoms with Gasteiger partial charge in [0.25, 0.3) is 5.91 Å². The summed E-state index contributed by atoms with van der Waals surface area (Å²) in [5.41, 5.74) is 4.13. The van der Waals surface area contributed by atoms with E-state index < -0.39 is 11.9 Å². The molecule has 0 fully saturated rings. The highest BCUT2D eigenvalue weighted by Crippen LogP contribution is 2.43. The van der Waals surface area contributed by atoms with Gasteiger partial charge in [-0.2, -0.15) is 0 Å². The Morgan fingerprint density at radius 3 is 2.21 bits per heavy atom. The molecular weight excluding hydrogens is 353 g/mol. The second-order valence-electron chi connectivity index (χ2n) is 7.00. The Morgan fingerprint density at radius 1 is 0.929 bits per heavy atom. The van der Waals surface area contributed by atoms with Crippen molar-refractivity contribution in [2.45, 2.75) is 19.5 Å². The van der Waals surface area contributed by atoms with E-state index in [2.05, 4.69) is 0 Å². The van der Waals surface area contributed by atoms with E-state index in [-0.39, 0.29) is 11.6 Å². The number of halogens is 1. The number of benzene rings is 3. The Kier molecular flexibility index (Phi) is 4.70. The van der Waals surface area contributed by atoms with Crippen molar-refractivity contribution in [2.24, 2.45) is 0 Å². The maximum Gasteiger partial charge on any atom is 0.290 e. The smallest absolute Gasteiger partial charge is 0.290 e. The van der Waals surface area contributed by atoms with Gasteiger partial charge in [0.1, 0.15) is 5.82 Å². The van der Waals surface area contributed by atoms with Gasteiger partial charge in [-0.05, 0) is 35.7 Å². The molecule has 0 bridgehead atoms. The van der Waals surface area contributed by atoms with Crippen molar-refractivity contribution >= 4 is 11.5 Å². The summed E-state index contributed by atoms with van der Waals surface area (Å²) in [7, 11) is 0. The Hall–Kier alpha value is -3.40. The van der Waals surface area contributed by atoms with Crippen LogP contribution >= 0.6 is 0 Å². The molecule has 0 aromatic heterocycles. The van der Waals surface area contributed by atoms with Crippen LogP contribution in [0.25, 0.3) is 5.57 Å². The van der Waals surface area contributed by atoms with Crippen LogP contribution in [0.1, 0.15) is 28.3 Å². The molecule has 3 nitrogen and oxygen atoms in total. The van der Waals surface area contributed by atoms with Crippen LogP contribution in [-0.2, 0) is 11.3 Å². The van der Waals surface area contributed by atoms with Crippen LogP contribution in [0.15, 0.2) is 84.6 Å². The van der Waals surface area contributed by atoms with Gasteiger partial charge in [0, 0.05) is 12.1 Å². The van der Waals surface area contributed by atoms with E-state index in [9.17, 15) is 14.3 Å². The third-order valence-electron chi connectivity index (χ3n) is 5.05. The normalized spacial score (nSPS) is 16.7. The molecule has 140 valence electrons. The molecule has 1 atom stereocenters. The molecule has 4 heteroatoms. The topological polar surface area (TPSA) is 40.5 Å². The zero-order valence-electron chi connectivity index (χ0n) is 15.5. The van der Waals surface area contributed by atoms with Gasteiger partial charge in [0.2, 0.25) is 0 Å². The van der Waals surface area contributed by atoms with Gasteiger partial charge in [0.15, 0.2) is 5.76 Å². The lowest BCUT2D eigenvalue weighted by molar-refractivity contribution is -0.130. The fourth-order valence-corrected chi connectivity index (χ4v) is 3.62. The van der Waals surface area contributed by atoms with Crippen LogP contribution in [0.4, 0.5) is 4.39 Å². The number of hydrogen-bond acceptors (Lipinski definition) is 2. The minimum atomic E-state index is -0.490. The second-order valence-corrected chi connectivity index (χ2v) is 7.00. The van der Waals surface area contributed by atoms with Crippen molar-refractivity contribution < 1.29 is 14.3 Å². The number of carbonyl (C=O) groups is 1. The molecule has 0 spiro atoms. The predicted octanol–water partition coefficient (Wildman–Crippen LogP) is 5.19. The average Bonchev–Trinajstić information content (AvgIpc) is 2.95. The number of carbonyl (C=O) groups excluding carboxylic acids is 1. The Morgan fingerprint density at radius 2 is 1.57 bits per heavy atom. The first-order chi connectivity index (χ1) is 13.5. The lowest BCUT2D eigenvalue weighted by Crippen LogP contribution is -2.29. The number of hydrogen-bond donors (Lipinski definition) is 1. The molecule has 4 rings (SSSR count). The highest BCUT2D eigenvalue weighted by Gasteiger charge is 2.40. The first-order valence-electron chi connectivity index (χ1n) is 9.15. The van der Waals surface area contributed by atoms with Crippen LogP contribution in [0.3, 0.4) is 0 Å². The summed E-state index contributed by atoms with van der Waals surface area (Å²) in [5.74, 6) is -1.02. The molecule has 1 N–H and O–H groups in total. The molecule has 1 aliphatic rings. The van der Waals surface area contributed by atoms with Crippen LogP contribution in [0.5, 0.6) is 0 Å². The standard InChI is InChI=1S/C24H20FNO2/c1-16-7-9-18(10-8-16)21-22(19-11-13-20(25)14-12-19)26(24(28)23(21)27)15-17-5-3-2-4-6-17/h2-14,22,27H,15H2,1H3/t22-/m0/s1. The zero-order chi connectivity index (χ0) is 19.7. The Labute approximate surface area is 163 Å². The summed E-state index contributed by atoms with van der Waals surface area (Å²) in [5, 5.41) is 10.7. The van der Waals surface area contributed by atoms with E-state index in [1.54, 1.807) is 17.0 Å². The Bertz CT molecular complexity index is 1020. The highest BCUT2D eigenvalue weighted by atomic mass is 19.1. The molecule has 3 aromatic rings. The molecule has 0 radical (unpaired) electrons. The van der Waals surface area contributed by atoms with Crippen molar-refractivity contribution in [2.75, 3.05) is 0 Å². The van der Waals surface area contributed by atoms with E-state index in [0.29, 0.717) is 12.1 Å². The average molecular weight is 373 g/mol. The van der Waals surface area contributed by atoms with Crippen molar-refractivity contribution in [3.63, 3.8) is 0 Å². The molecule has 0 unspecified atom stereocenters. The van der Waals surface area contributed by atoms with Gasteiger partial charge in [-0.1, -0.05) is 72.3 Å². The minimum Gasteiger partial charge on any atom is -0.503 e. The monoisotopic (exact) mass is 373 g/mol. The van der Waals surface area contributed by atoms with Crippen molar-refractivity contribution in [3.8, 4) is 0 Å². The largest absolute Gasteiger partial charge is 0.503 e. The van der Waals surface area contributed by atoms with E-state index in [1.165, 1.54) is 12.1 Å². The number of aryl methyl sites for hydroxylation is 1. The van der Waals surface area contributed by atoms with Gasteiger partial charge in [-0.25, -0.2) is 4.39 Å². The SMILES string of the molecule is Cc1ccc(C2=C(O)C(=O)N(Cc3ccccc3)[C@H]2c2ccc(F)cc2)cc1. The van der Waals surface area contributed by atoms with Gasteiger partial charge in [-0.3, -0.25) is 4.79 Å². The van der Waals surface area contributed by atoms with Crippen molar-refractivity contribution in [3.05, 3.63) is 113 Å². The maximum absolute atomic E-state index is 13.5. The third-order valence-corrected chi connectivity index (χ3v) is 5.05. The molecule has 1 heterocycles. The quantitative estimate of drug-likeness (QED) is 0.684. The number of rotatable bonds is 4. The van der Waals surface area contributed by atoms with Crippen molar-refractivity contribution in [1.29, 1.82) is 0 Å². The summed E-state index contributed by atoms with van der Waals surface area (Å²) in [6.45, 7) is 2.33.